The first-order valence-electron chi connectivity index (χ1n) is 7.68. The molecule has 4 nitrogen and oxygen atoms in total. The molecule has 5 heteroatoms. The van der Waals surface area contributed by atoms with Crippen molar-refractivity contribution in [2.75, 3.05) is 26.7 Å². The Balaban J connectivity index is 0.00000144. The van der Waals surface area contributed by atoms with E-state index in [0.29, 0.717) is 12.0 Å². The summed E-state index contributed by atoms with van der Waals surface area (Å²) < 4.78 is 7.32. The van der Waals surface area contributed by atoms with Crippen molar-refractivity contribution in [3.63, 3.8) is 0 Å². The average Bonchev–Trinajstić information content (AvgIpc) is 2.56. The van der Waals surface area contributed by atoms with Crippen LogP contribution in [0.15, 0.2) is 35.3 Å². The lowest BCUT2D eigenvalue weighted by Crippen LogP contribution is -2.49. The molecule has 0 saturated carbocycles. The van der Waals surface area contributed by atoms with Crippen LogP contribution in [0.2, 0.25) is 0 Å². The molecule has 22 heavy (non-hydrogen) atoms. The van der Waals surface area contributed by atoms with E-state index in [0.717, 1.165) is 23.1 Å². The van der Waals surface area contributed by atoms with Crippen molar-refractivity contribution in [3.05, 3.63) is 40.8 Å². The van der Waals surface area contributed by atoms with Crippen LogP contribution in [0.5, 0.6) is 5.75 Å². The van der Waals surface area contributed by atoms with Crippen LogP contribution in [0.4, 0.5) is 0 Å². The first-order valence-corrected chi connectivity index (χ1v) is 7.68. The van der Waals surface area contributed by atoms with Crippen molar-refractivity contribution < 1.29 is 4.74 Å². The van der Waals surface area contributed by atoms with Crippen LogP contribution < -0.4 is 10.3 Å². The number of pyridine rings is 1. The molecule has 0 amide bonds. The second-order valence-corrected chi connectivity index (χ2v) is 6.16. The fourth-order valence-corrected chi connectivity index (χ4v) is 3.95. The molecule has 2 bridgehead atoms. The van der Waals surface area contributed by atoms with Gasteiger partial charge in [0.1, 0.15) is 5.75 Å². The highest BCUT2D eigenvalue weighted by molar-refractivity contribution is 5.87. The zero-order chi connectivity index (χ0) is 14.4. The highest BCUT2D eigenvalue weighted by Crippen LogP contribution is 2.35. The minimum atomic E-state index is 0. The monoisotopic (exact) mass is 320 g/mol. The number of nitrogens with zero attached hydrogens (tertiary/aromatic N) is 2. The fourth-order valence-electron chi connectivity index (χ4n) is 3.95. The molecule has 4 heterocycles. The molecule has 0 aliphatic carbocycles. The summed E-state index contributed by atoms with van der Waals surface area (Å²) in [5.41, 5.74) is 0.116. The van der Waals surface area contributed by atoms with Gasteiger partial charge in [0.15, 0.2) is 0 Å². The molecule has 3 saturated heterocycles. The Labute approximate surface area is 136 Å². The largest absolute Gasteiger partial charge is 0.496 e. The van der Waals surface area contributed by atoms with Crippen LogP contribution in [0.25, 0.3) is 10.8 Å². The van der Waals surface area contributed by atoms with Crippen molar-refractivity contribution in [1.29, 1.82) is 0 Å². The van der Waals surface area contributed by atoms with Gasteiger partial charge in [-0.15, -0.1) is 12.4 Å². The van der Waals surface area contributed by atoms with E-state index in [9.17, 15) is 4.79 Å². The van der Waals surface area contributed by atoms with E-state index in [1.807, 2.05) is 35.0 Å². The smallest absolute Gasteiger partial charge is 0.258 e. The SMILES string of the molecule is COc1cccc2c(=O)n([C@H]3CN4CCC3CC4)ccc12.Cl. The Hall–Kier alpha value is -1.52. The normalized spacial score (nSPS) is 26.7. The molecule has 118 valence electrons. The summed E-state index contributed by atoms with van der Waals surface area (Å²) in [6.07, 6.45) is 4.39. The molecule has 0 spiro atoms. The van der Waals surface area contributed by atoms with E-state index >= 15 is 0 Å². The maximum atomic E-state index is 12.9. The molecule has 1 aromatic heterocycles. The lowest BCUT2D eigenvalue weighted by atomic mass is 9.84. The number of fused-ring (bicyclic) bond motifs is 4. The van der Waals surface area contributed by atoms with E-state index in [4.69, 9.17) is 4.74 Å². The standard InChI is InChI=1S/C17H20N2O2.ClH/c1-21-16-4-2-3-14-13(16)7-10-19(17(14)20)15-11-18-8-5-12(15)6-9-18;/h2-4,7,10,12,15H,5-6,8-9,11H2,1H3;1H/t15-;/m0./s1. The van der Waals surface area contributed by atoms with Crippen molar-refractivity contribution in [2.24, 2.45) is 5.92 Å². The van der Waals surface area contributed by atoms with E-state index < -0.39 is 0 Å². The van der Waals surface area contributed by atoms with Crippen LogP contribution in [-0.4, -0.2) is 36.2 Å². The number of rotatable bonds is 2. The van der Waals surface area contributed by atoms with Crippen molar-refractivity contribution in [2.45, 2.75) is 18.9 Å². The van der Waals surface area contributed by atoms with Gasteiger partial charge in [-0.25, -0.2) is 0 Å². The third kappa shape index (κ3) is 2.31. The molecule has 0 radical (unpaired) electrons. The first kappa shape index (κ1) is 15.4. The Kier molecular flexibility index (Phi) is 4.15. The average molecular weight is 321 g/mol. The van der Waals surface area contributed by atoms with Crippen LogP contribution in [-0.2, 0) is 0 Å². The predicted octanol–water partition coefficient (Wildman–Crippen LogP) is 2.70. The topological polar surface area (TPSA) is 34.5 Å². The summed E-state index contributed by atoms with van der Waals surface area (Å²) in [7, 11) is 1.65. The number of hydrogen-bond acceptors (Lipinski definition) is 3. The van der Waals surface area contributed by atoms with E-state index in [1.165, 1.54) is 25.9 Å². The number of aromatic nitrogens is 1. The Morgan fingerprint density at radius 3 is 2.55 bits per heavy atom. The van der Waals surface area contributed by atoms with E-state index in [-0.39, 0.29) is 18.0 Å². The molecule has 3 fully saturated rings. The minimum Gasteiger partial charge on any atom is -0.496 e. The highest BCUT2D eigenvalue weighted by atomic mass is 35.5. The first-order chi connectivity index (χ1) is 10.3. The molecule has 1 aromatic carbocycles. The van der Waals surface area contributed by atoms with Gasteiger partial charge in [-0.1, -0.05) is 6.07 Å². The maximum Gasteiger partial charge on any atom is 0.258 e. The summed E-state index contributed by atoms with van der Waals surface area (Å²) in [6.45, 7) is 3.40. The van der Waals surface area contributed by atoms with Gasteiger partial charge in [0.05, 0.1) is 18.5 Å². The van der Waals surface area contributed by atoms with Crippen molar-refractivity contribution in [3.8, 4) is 5.75 Å². The van der Waals surface area contributed by atoms with Gasteiger partial charge in [-0.2, -0.15) is 0 Å². The summed E-state index contributed by atoms with van der Waals surface area (Å²) in [5, 5.41) is 1.66. The maximum absolute atomic E-state index is 12.9. The molecule has 5 rings (SSSR count). The Morgan fingerprint density at radius 2 is 1.91 bits per heavy atom. The third-order valence-corrected chi connectivity index (χ3v) is 5.13. The lowest BCUT2D eigenvalue weighted by Gasteiger charge is -2.45. The number of methoxy groups -OCH3 is 1. The number of halogens is 1. The Bertz CT molecular complexity index is 735. The van der Waals surface area contributed by atoms with Gasteiger partial charge in [0.25, 0.3) is 5.56 Å². The molecule has 2 aromatic rings. The van der Waals surface area contributed by atoms with Gasteiger partial charge >= 0.3 is 0 Å². The molecule has 1 atom stereocenters. The fraction of sp³-hybridized carbons (Fsp3) is 0.471. The number of hydrogen-bond donors (Lipinski definition) is 0. The molecule has 3 aliphatic heterocycles. The van der Waals surface area contributed by atoms with Crippen LogP contribution in [0.1, 0.15) is 18.9 Å². The summed E-state index contributed by atoms with van der Waals surface area (Å²) in [5.74, 6) is 1.42. The molecule has 0 N–H and O–H groups in total. The van der Waals surface area contributed by atoms with Gasteiger partial charge in [0.2, 0.25) is 0 Å². The van der Waals surface area contributed by atoms with E-state index in [2.05, 4.69) is 4.90 Å². The summed E-state index contributed by atoms with van der Waals surface area (Å²) >= 11 is 0. The van der Waals surface area contributed by atoms with Gasteiger partial charge in [-0.05, 0) is 50.0 Å². The molecular formula is C17H21ClN2O2. The minimum absolute atomic E-state index is 0. The van der Waals surface area contributed by atoms with Crippen LogP contribution >= 0.6 is 12.4 Å². The quantitative estimate of drug-likeness (QED) is 0.853. The molecular weight excluding hydrogens is 300 g/mol. The number of piperidine rings is 3. The predicted molar refractivity (Wildman–Crippen MR) is 90.2 cm³/mol. The van der Waals surface area contributed by atoms with Crippen LogP contribution in [0, 0.1) is 5.92 Å². The second-order valence-electron chi connectivity index (χ2n) is 6.16. The summed E-state index contributed by atoms with van der Waals surface area (Å²) in [6, 6.07) is 8.05. The zero-order valence-corrected chi connectivity index (χ0v) is 13.5. The lowest BCUT2D eigenvalue weighted by molar-refractivity contribution is 0.0556. The summed E-state index contributed by atoms with van der Waals surface area (Å²) in [4.78, 5) is 15.3. The van der Waals surface area contributed by atoms with Crippen LogP contribution in [0.3, 0.4) is 0 Å². The number of benzene rings is 1. The highest BCUT2D eigenvalue weighted by Gasteiger charge is 2.35. The second kappa shape index (κ2) is 5.94. The van der Waals surface area contributed by atoms with Gasteiger partial charge < -0.3 is 14.2 Å². The van der Waals surface area contributed by atoms with Crippen molar-refractivity contribution >= 4 is 23.2 Å². The molecule has 0 unspecified atom stereocenters. The van der Waals surface area contributed by atoms with Crippen molar-refractivity contribution in [1.82, 2.24) is 9.47 Å². The zero-order valence-electron chi connectivity index (χ0n) is 12.7. The van der Waals surface area contributed by atoms with Gasteiger partial charge in [0, 0.05) is 18.1 Å². The third-order valence-electron chi connectivity index (χ3n) is 5.13. The Morgan fingerprint density at radius 1 is 1.14 bits per heavy atom. The van der Waals surface area contributed by atoms with Gasteiger partial charge in [-0.3, -0.25) is 4.79 Å². The van der Waals surface area contributed by atoms with E-state index in [1.54, 1.807) is 7.11 Å². The molecule has 3 aliphatic rings. The number of ether oxygens (including phenoxy) is 1.